The van der Waals surface area contributed by atoms with E-state index in [2.05, 4.69) is 5.16 Å². The van der Waals surface area contributed by atoms with E-state index in [9.17, 15) is 4.79 Å². The molecule has 0 spiro atoms. The van der Waals surface area contributed by atoms with Crippen LogP contribution in [0.5, 0.6) is 0 Å². The average Bonchev–Trinajstić information content (AvgIpc) is 2.31. The van der Waals surface area contributed by atoms with Crippen LogP contribution in [-0.2, 0) is 9.53 Å². The van der Waals surface area contributed by atoms with Gasteiger partial charge in [-0.1, -0.05) is 19.0 Å². The van der Waals surface area contributed by atoms with Gasteiger partial charge in [-0.2, -0.15) is 0 Å². The van der Waals surface area contributed by atoms with Crippen LogP contribution in [0.4, 0.5) is 0 Å². The zero-order valence-corrected chi connectivity index (χ0v) is 11.0. The zero-order valence-electron chi connectivity index (χ0n) is 11.0. The fourth-order valence-electron chi connectivity index (χ4n) is 1.42. The van der Waals surface area contributed by atoms with Crippen LogP contribution >= 0.6 is 0 Å². The van der Waals surface area contributed by atoms with Gasteiger partial charge in [-0.25, -0.2) is 0 Å². The molecule has 17 heavy (non-hydrogen) atoms. The highest BCUT2D eigenvalue weighted by Crippen LogP contribution is 2.06. The van der Waals surface area contributed by atoms with E-state index >= 15 is 0 Å². The van der Waals surface area contributed by atoms with Crippen molar-refractivity contribution in [1.82, 2.24) is 4.90 Å². The Kier molecular flexibility index (Phi) is 7.29. The maximum absolute atomic E-state index is 12.1. The average molecular weight is 245 g/mol. The van der Waals surface area contributed by atoms with Crippen LogP contribution < -0.4 is 5.73 Å². The molecule has 0 radical (unpaired) electrons. The van der Waals surface area contributed by atoms with Gasteiger partial charge in [0.2, 0.25) is 5.91 Å². The number of carbonyl (C=O) groups is 1. The van der Waals surface area contributed by atoms with Crippen LogP contribution in [0.25, 0.3) is 0 Å². The van der Waals surface area contributed by atoms with E-state index in [1.54, 1.807) is 18.9 Å². The van der Waals surface area contributed by atoms with E-state index in [0.717, 1.165) is 0 Å². The molecule has 0 saturated carbocycles. The Labute approximate surface area is 102 Å². The van der Waals surface area contributed by atoms with E-state index in [0.29, 0.717) is 25.6 Å². The van der Waals surface area contributed by atoms with E-state index in [4.69, 9.17) is 15.7 Å². The van der Waals surface area contributed by atoms with Crippen LogP contribution in [0.1, 0.15) is 20.8 Å². The Bertz CT molecular complexity index is 267. The van der Waals surface area contributed by atoms with E-state index in [1.165, 1.54) is 0 Å². The molecule has 1 amide bonds. The molecule has 0 aliphatic rings. The van der Waals surface area contributed by atoms with E-state index < -0.39 is 5.92 Å². The van der Waals surface area contributed by atoms with Crippen molar-refractivity contribution in [3.63, 3.8) is 0 Å². The van der Waals surface area contributed by atoms with Gasteiger partial charge in [0.1, 0.15) is 0 Å². The first kappa shape index (κ1) is 15.7. The summed E-state index contributed by atoms with van der Waals surface area (Å²) in [6.45, 7) is 7.29. The van der Waals surface area contributed by atoms with Crippen LogP contribution in [0.3, 0.4) is 0 Å². The molecule has 0 aliphatic carbocycles. The fourth-order valence-corrected chi connectivity index (χ4v) is 1.42. The lowest BCUT2D eigenvalue weighted by atomic mass is 10.1. The largest absolute Gasteiger partial charge is 0.409 e. The summed E-state index contributed by atoms with van der Waals surface area (Å²) in [6.07, 6.45) is 0. The number of hydrogen-bond donors (Lipinski definition) is 2. The van der Waals surface area contributed by atoms with Gasteiger partial charge in [-0.3, -0.25) is 4.79 Å². The van der Waals surface area contributed by atoms with Gasteiger partial charge in [0.05, 0.1) is 12.5 Å². The smallest absolute Gasteiger partial charge is 0.233 e. The summed E-state index contributed by atoms with van der Waals surface area (Å²) in [5, 5.41) is 11.4. The highest BCUT2D eigenvalue weighted by molar-refractivity contribution is 6.01. The van der Waals surface area contributed by atoms with Crippen molar-refractivity contribution in [2.24, 2.45) is 22.7 Å². The molecule has 6 nitrogen and oxygen atoms in total. The third-order valence-corrected chi connectivity index (χ3v) is 2.39. The summed E-state index contributed by atoms with van der Waals surface area (Å²) in [5.74, 6) is -0.474. The zero-order chi connectivity index (χ0) is 13.4. The highest BCUT2D eigenvalue weighted by Gasteiger charge is 2.24. The Balaban J connectivity index is 4.61. The summed E-state index contributed by atoms with van der Waals surface area (Å²) in [5.41, 5.74) is 5.44. The minimum absolute atomic E-state index is 0.0684. The quantitative estimate of drug-likeness (QED) is 0.296. The van der Waals surface area contributed by atoms with Crippen molar-refractivity contribution in [2.45, 2.75) is 20.8 Å². The summed E-state index contributed by atoms with van der Waals surface area (Å²) in [4.78, 5) is 13.8. The van der Waals surface area contributed by atoms with Gasteiger partial charge in [0.15, 0.2) is 5.84 Å². The lowest BCUT2D eigenvalue weighted by molar-refractivity contribution is -0.134. The molecule has 0 fully saturated rings. The summed E-state index contributed by atoms with van der Waals surface area (Å²) >= 11 is 0. The predicted molar refractivity (Wildman–Crippen MR) is 65.9 cm³/mol. The minimum Gasteiger partial charge on any atom is -0.409 e. The van der Waals surface area contributed by atoms with Crippen LogP contribution in [0, 0.1) is 11.8 Å². The summed E-state index contributed by atoms with van der Waals surface area (Å²) < 4.78 is 4.97. The lowest BCUT2D eigenvalue weighted by Crippen LogP contribution is -2.43. The summed E-state index contributed by atoms with van der Waals surface area (Å²) in [7, 11) is 1.59. The van der Waals surface area contributed by atoms with Crippen LogP contribution in [-0.4, -0.2) is 48.7 Å². The second-order valence-electron chi connectivity index (χ2n) is 4.42. The number of oxime groups is 1. The number of amides is 1. The van der Waals surface area contributed by atoms with Crippen LogP contribution in [0.15, 0.2) is 5.16 Å². The Morgan fingerprint density at radius 1 is 1.47 bits per heavy atom. The standard InChI is InChI=1S/C11H23N3O3/c1-8(2)7-14(5-6-17-4)11(15)9(3)10(12)13-16/h8-9,16H,5-7H2,1-4H3,(H2,12,13). The second-order valence-corrected chi connectivity index (χ2v) is 4.42. The second kappa shape index (κ2) is 7.89. The Hall–Kier alpha value is -1.30. The monoisotopic (exact) mass is 245 g/mol. The van der Waals surface area contributed by atoms with Gasteiger partial charge in [0, 0.05) is 20.2 Å². The maximum Gasteiger partial charge on any atom is 0.233 e. The molecule has 0 rings (SSSR count). The first-order chi connectivity index (χ1) is 7.93. The number of amidine groups is 1. The molecular weight excluding hydrogens is 222 g/mol. The van der Waals surface area contributed by atoms with Crippen molar-refractivity contribution in [1.29, 1.82) is 0 Å². The van der Waals surface area contributed by atoms with Crippen LogP contribution in [0.2, 0.25) is 0 Å². The van der Waals surface area contributed by atoms with Crippen molar-refractivity contribution in [3.05, 3.63) is 0 Å². The molecule has 0 saturated heterocycles. The fraction of sp³-hybridized carbons (Fsp3) is 0.818. The summed E-state index contributed by atoms with van der Waals surface area (Å²) in [6, 6.07) is 0. The molecule has 0 aromatic rings. The Morgan fingerprint density at radius 3 is 2.47 bits per heavy atom. The molecule has 0 bridgehead atoms. The molecule has 6 heteroatoms. The third-order valence-electron chi connectivity index (χ3n) is 2.39. The molecular formula is C11H23N3O3. The first-order valence-corrected chi connectivity index (χ1v) is 5.69. The number of carbonyl (C=O) groups excluding carboxylic acids is 1. The van der Waals surface area contributed by atoms with Gasteiger partial charge < -0.3 is 20.6 Å². The molecule has 100 valence electrons. The topological polar surface area (TPSA) is 88.2 Å². The van der Waals surface area contributed by atoms with E-state index in [1.807, 2.05) is 13.8 Å². The number of rotatable bonds is 7. The first-order valence-electron chi connectivity index (χ1n) is 5.69. The number of ether oxygens (including phenoxy) is 1. The predicted octanol–water partition coefficient (Wildman–Crippen LogP) is 0.500. The number of nitrogens with zero attached hydrogens (tertiary/aromatic N) is 2. The van der Waals surface area contributed by atoms with Gasteiger partial charge >= 0.3 is 0 Å². The van der Waals surface area contributed by atoms with Gasteiger partial charge in [-0.15, -0.1) is 0 Å². The maximum atomic E-state index is 12.1. The van der Waals surface area contributed by atoms with Gasteiger partial charge in [0.25, 0.3) is 0 Å². The Morgan fingerprint density at radius 2 is 2.06 bits per heavy atom. The van der Waals surface area contributed by atoms with Crippen molar-refractivity contribution >= 4 is 11.7 Å². The third kappa shape index (κ3) is 5.53. The minimum atomic E-state index is -0.615. The number of nitrogens with two attached hydrogens (primary N) is 1. The number of hydrogen-bond acceptors (Lipinski definition) is 4. The molecule has 0 aromatic heterocycles. The van der Waals surface area contributed by atoms with E-state index in [-0.39, 0.29) is 11.7 Å². The van der Waals surface area contributed by atoms with Crippen molar-refractivity contribution in [3.8, 4) is 0 Å². The molecule has 0 aliphatic heterocycles. The number of methoxy groups -OCH3 is 1. The molecule has 0 heterocycles. The molecule has 1 atom stereocenters. The van der Waals surface area contributed by atoms with Crippen molar-refractivity contribution < 1.29 is 14.7 Å². The van der Waals surface area contributed by atoms with Crippen molar-refractivity contribution in [2.75, 3.05) is 26.8 Å². The molecule has 3 N–H and O–H groups in total. The van der Waals surface area contributed by atoms with Gasteiger partial charge in [-0.05, 0) is 12.8 Å². The molecule has 0 aromatic carbocycles. The SMILES string of the molecule is COCCN(CC(C)C)C(=O)C(C)C(N)=NO. The normalized spacial score (nSPS) is 13.8. The molecule has 1 unspecified atom stereocenters. The lowest BCUT2D eigenvalue weighted by Gasteiger charge is -2.26. The highest BCUT2D eigenvalue weighted by atomic mass is 16.5.